The van der Waals surface area contributed by atoms with E-state index in [1.165, 1.54) is 6.33 Å². The second kappa shape index (κ2) is 6.27. The summed E-state index contributed by atoms with van der Waals surface area (Å²) in [4.78, 5) is 21.0. The molecule has 1 N–H and O–H groups in total. The maximum atomic E-state index is 11.8. The van der Waals surface area contributed by atoms with Crippen LogP contribution in [0.1, 0.15) is 10.4 Å². The van der Waals surface area contributed by atoms with Gasteiger partial charge in [-0.2, -0.15) is 5.10 Å². The number of pyridine rings is 1. The molecule has 0 fully saturated rings. The topological polar surface area (TPSA) is 72.7 Å². The van der Waals surface area contributed by atoms with Gasteiger partial charge in [-0.25, -0.2) is 14.6 Å². The lowest BCUT2D eigenvalue weighted by molar-refractivity contribution is -0.120. The monoisotopic (exact) mass is 299 g/mol. The van der Waals surface area contributed by atoms with Crippen molar-refractivity contribution < 1.29 is 4.79 Å². The van der Waals surface area contributed by atoms with E-state index in [0.717, 1.165) is 10.4 Å². The molecular weight excluding hydrogens is 286 g/mol. The Balaban J connectivity index is 1.55. The van der Waals surface area contributed by atoms with Gasteiger partial charge >= 0.3 is 0 Å². The molecule has 3 aromatic rings. The molecule has 7 heteroatoms. The van der Waals surface area contributed by atoms with E-state index in [4.69, 9.17) is 0 Å². The standard InChI is InChI=1S/C14H13N5OS/c20-14(6-12-2-1-5-21-12)17-8-11-3-4-13(16-7-11)19-10-15-9-18-19/h1-5,7,9-10H,6,8H2,(H,17,20). The van der Waals surface area contributed by atoms with Crippen LogP contribution in [0.3, 0.4) is 0 Å². The van der Waals surface area contributed by atoms with Gasteiger partial charge in [-0.3, -0.25) is 4.79 Å². The van der Waals surface area contributed by atoms with E-state index in [1.807, 2.05) is 29.6 Å². The Bertz CT molecular complexity index is 692. The Labute approximate surface area is 125 Å². The van der Waals surface area contributed by atoms with Crippen LogP contribution < -0.4 is 5.32 Å². The number of nitrogens with one attached hydrogen (secondary N) is 1. The Kier molecular flexibility index (Phi) is 4.02. The smallest absolute Gasteiger partial charge is 0.225 e. The molecule has 1 amide bonds. The van der Waals surface area contributed by atoms with Gasteiger partial charge in [0.1, 0.15) is 12.7 Å². The zero-order valence-electron chi connectivity index (χ0n) is 11.1. The third-order valence-corrected chi connectivity index (χ3v) is 3.74. The molecule has 0 aromatic carbocycles. The quantitative estimate of drug-likeness (QED) is 0.776. The van der Waals surface area contributed by atoms with Crippen molar-refractivity contribution in [1.82, 2.24) is 25.1 Å². The van der Waals surface area contributed by atoms with Crippen LogP contribution >= 0.6 is 11.3 Å². The van der Waals surface area contributed by atoms with Crippen LogP contribution in [-0.2, 0) is 17.8 Å². The van der Waals surface area contributed by atoms with Crippen LogP contribution in [-0.4, -0.2) is 25.7 Å². The number of amides is 1. The molecule has 21 heavy (non-hydrogen) atoms. The summed E-state index contributed by atoms with van der Waals surface area (Å²) >= 11 is 1.58. The first-order valence-electron chi connectivity index (χ1n) is 6.40. The summed E-state index contributed by atoms with van der Waals surface area (Å²) in [7, 11) is 0. The lowest BCUT2D eigenvalue weighted by Gasteiger charge is -2.05. The van der Waals surface area contributed by atoms with E-state index in [-0.39, 0.29) is 5.91 Å². The molecule has 3 rings (SSSR count). The maximum Gasteiger partial charge on any atom is 0.225 e. The van der Waals surface area contributed by atoms with E-state index >= 15 is 0 Å². The summed E-state index contributed by atoms with van der Waals surface area (Å²) in [5, 5.41) is 8.86. The molecule has 6 nitrogen and oxygen atoms in total. The van der Waals surface area contributed by atoms with Crippen LogP contribution in [0.4, 0.5) is 0 Å². The highest BCUT2D eigenvalue weighted by atomic mass is 32.1. The van der Waals surface area contributed by atoms with Crippen LogP contribution in [0, 0.1) is 0 Å². The average Bonchev–Trinajstić information content (AvgIpc) is 3.19. The number of rotatable bonds is 5. The van der Waals surface area contributed by atoms with Gasteiger partial charge in [-0.1, -0.05) is 12.1 Å². The van der Waals surface area contributed by atoms with Gasteiger partial charge in [0.15, 0.2) is 5.82 Å². The lowest BCUT2D eigenvalue weighted by atomic mass is 10.2. The van der Waals surface area contributed by atoms with Gasteiger partial charge in [0.2, 0.25) is 5.91 Å². The summed E-state index contributed by atoms with van der Waals surface area (Å²) in [5.74, 6) is 0.707. The van der Waals surface area contributed by atoms with Crippen LogP contribution in [0.15, 0.2) is 48.5 Å². The van der Waals surface area contributed by atoms with Crippen molar-refractivity contribution in [2.75, 3.05) is 0 Å². The molecule has 106 valence electrons. The zero-order chi connectivity index (χ0) is 14.5. The largest absolute Gasteiger partial charge is 0.352 e. The average molecular weight is 299 g/mol. The summed E-state index contributed by atoms with van der Waals surface area (Å²) in [6.07, 6.45) is 5.19. The number of aromatic nitrogens is 4. The normalized spacial score (nSPS) is 10.5. The van der Waals surface area contributed by atoms with E-state index in [2.05, 4.69) is 20.4 Å². The highest BCUT2D eigenvalue weighted by Gasteiger charge is 2.04. The Morgan fingerprint density at radius 3 is 2.95 bits per heavy atom. The third kappa shape index (κ3) is 3.51. The molecule has 3 aromatic heterocycles. The third-order valence-electron chi connectivity index (χ3n) is 2.87. The Morgan fingerprint density at radius 2 is 2.29 bits per heavy atom. The second-order valence-corrected chi connectivity index (χ2v) is 5.43. The van der Waals surface area contributed by atoms with Crippen molar-refractivity contribution in [3.63, 3.8) is 0 Å². The van der Waals surface area contributed by atoms with Crippen molar-refractivity contribution in [1.29, 1.82) is 0 Å². The molecule has 0 radical (unpaired) electrons. The molecule has 0 aliphatic heterocycles. The van der Waals surface area contributed by atoms with E-state index in [0.29, 0.717) is 18.8 Å². The molecule has 0 aliphatic carbocycles. The molecule has 0 saturated heterocycles. The first kappa shape index (κ1) is 13.4. The molecule has 0 atom stereocenters. The maximum absolute atomic E-state index is 11.8. The molecule has 3 heterocycles. The Hall–Kier alpha value is -2.54. The van der Waals surface area contributed by atoms with Crippen molar-refractivity contribution >= 4 is 17.2 Å². The van der Waals surface area contributed by atoms with Crippen molar-refractivity contribution in [3.8, 4) is 5.82 Å². The number of hydrogen-bond acceptors (Lipinski definition) is 5. The number of thiophene rings is 1. The summed E-state index contributed by atoms with van der Waals surface area (Å²) < 4.78 is 1.58. The minimum atomic E-state index is 0.0119. The highest BCUT2D eigenvalue weighted by Crippen LogP contribution is 2.09. The fourth-order valence-electron chi connectivity index (χ4n) is 1.82. The Morgan fingerprint density at radius 1 is 1.33 bits per heavy atom. The van der Waals surface area contributed by atoms with Gasteiger partial charge < -0.3 is 5.32 Å². The highest BCUT2D eigenvalue weighted by molar-refractivity contribution is 7.10. The fourth-order valence-corrected chi connectivity index (χ4v) is 2.52. The van der Waals surface area contributed by atoms with Gasteiger partial charge in [-0.15, -0.1) is 11.3 Å². The predicted molar refractivity (Wildman–Crippen MR) is 79.0 cm³/mol. The van der Waals surface area contributed by atoms with E-state index in [9.17, 15) is 4.79 Å². The van der Waals surface area contributed by atoms with Crippen LogP contribution in [0.5, 0.6) is 0 Å². The fraction of sp³-hybridized carbons (Fsp3) is 0.143. The molecule has 0 aliphatic rings. The summed E-state index contributed by atoms with van der Waals surface area (Å²) in [6, 6.07) is 7.66. The zero-order valence-corrected chi connectivity index (χ0v) is 12.0. The van der Waals surface area contributed by atoms with Crippen molar-refractivity contribution in [2.24, 2.45) is 0 Å². The van der Waals surface area contributed by atoms with Crippen molar-refractivity contribution in [3.05, 3.63) is 58.9 Å². The number of hydrogen-bond donors (Lipinski definition) is 1. The summed E-state index contributed by atoms with van der Waals surface area (Å²) in [5.41, 5.74) is 0.943. The van der Waals surface area contributed by atoms with E-state index in [1.54, 1.807) is 28.5 Å². The summed E-state index contributed by atoms with van der Waals surface area (Å²) in [6.45, 7) is 0.467. The molecule has 0 saturated carbocycles. The molecule has 0 spiro atoms. The van der Waals surface area contributed by atoms with Crippen LogP contribution in [0.25, 0.3) is 5.82 Å². The minimum absolute atomic E-state index is 0.0119. The van der Waals surface area contributed by atoms with Crippen molar-refractivity contribution in [2.45, 2.75) is 13.0 Å². The van der Waals surface area contributed by atoms with E-state index < -0.39 is 0 Å². The lowest BCUT2D eigenvalue weighted by Crippen LogP contribution is -2.24. The predicted octanol–water partition coefficient (Wildman–Crippen LogP) is 1.58. The number of carbonyl (C=O) groups excluding carboxylic acids is 1. The van der Waals surface area contributed by atoms with Gasteiger partial charge in [0, 0.05) is 17.6 Å². The van der Waals surface area contributed by atoms with Gasteiger partial charge in [-0.05, 0) is 23.1 Å². The first-order valence-corrected chi connectivity index (χ1v) is 7.28. The minimum Gasteiger partial charge on any atom is -0.352 e. The van der Waals surface area contributed by atoms with Crippen LogP contribution in [0.2, 0.25) is 0 Å². The number of carbonyl (C=O) groups is 1. The molecular formula is C14H13N5OS. The second-order valence-electron chi connectivity index (χ2n) is 4.40. The molecule has 0 unspecified atom stereocenters. The van der Waals surface area contributed by atoms with Gasteiger partial charge in [0.05, 0.1) is 6.42 Å². The first-order chi connectivity index (χ1) is 10.3. The number of nitrogens with zero attached hydrogens (tertiary/aromatic N) is 4. The van der Waals surface area contributed by atoms with Gasteiger partial charge in [0.25, 0.3) is 0 Å². The SMILES string of the molecule is O=C(Cc1cccs1)NCc1ccc(-n2cncn2)nc1. The molecule has 0 bridgehead atoms.